The molecule has 1 aromatic carbocycles. The molecular formula is C15H19BrN2O2. The Kier molecular flexibility index (Phi) is 5.31. The van der Waals surface area contributed by atoms with E-state index >= 15 is 0 Å². The lowest BCUT2D eigenvalue weighted by molar-refractivity contribution is -0.128. The second-order valence-corrected chi connectivity index (χ2v) is 5.98. The molecule has 0 unspecified atom stereocenters. The maximum atomic E-state index is 12.2. The minimum absolute atomic E-state index is 0.117. The first-order valence-corrected chi connectivity index (χ1v) is 7.62. The van der Waals surface area contributed by atoms with Gasteiger partial charge in [0.25, 0.3) is 0 Å². The van der Waals surface area contributed by atoms with Crippen LogP contribution in [-0.4, -0.2) is 54.2 Å². The van der Waals surface area contributed by atoms with E-state index in [1.807, 2.05) is 29.2 Å². The van der Waals surface area contributed by atoms with Gasteiger partial charge < -0.3 is 4.90 Å². The molecule has 1 heterocycles. The number of Topliss-reactive ketones (excluding diaryl/α,β-unsaturated/α-hetero) is 1. The van der Waals surface area contributed by atoms with E-state index in [-0.39, 0.29) is 11.7 Å². The summed E-state index contributed by atoms with van der Waals surface area (Å²) in [5.41, 5.74) is 0.737. The van der Waals surface area contributed by atoms with Gasteiger partial charge in [-0.25, -0.2) is 0 Å². The van der Waals surface area contributed by atoms with E-state index < -0.39 is 0 Å². The molecule has 4 nitrogen and oxygen atoms in total. The van der Waals surface area contributed by atoms with Gasteiger partial charge in [-0.3, -0.25) is 14.5 Å². The van der Waals surface area contributed by atoms with Crippen molar-refractivity contribution in [3.63, 3.8) is 0 Å². The minimum atomic E-state index is 0.117. The first-order valence-electron chi connectivity index (χ1n) is 6.83. The molecule has 1 aliphatic rings. The third kappa shape index (κ3) is 4.15. The molecular weight excluding hydrogens is 320 g/mol. The first kappa shape index (κ1) is 15.2. The van der Waals surface area contributed by atoms with Crippen LogP contribution in [0.4, 0.5) is 0 Å². The number of hydrogen-bond donors (Lipinski definition) is 0. The number of benzene rings is 1. The van der Waals surface area contributed by atoms with Crippen LogP contribution in [0.2, 0.25) is 0 Å². The van der Waals surface area contributed by atoms with E-state index in [0.29, 0.717) is 13.1 Å². The zero-order chi connectivity index (χ0) is 14.5. The van der Waals surface area contributed by atoms with Crippen LogP contribution < -0.4 is 0 Å². The molecule has 1 aromatic rings. The summed E-state index contributed by atoms with van der Waals surface area (Å²) in [4.78, 5) is 27.6. The van der Waals surface area contributed by atoms with Crippen LogP contribution in [0, 0.1) is 0 Å². The summed E-state index contributed by atoms with van der Waals surface area (Å²) < 4.78 is 0.973. The highest BCUT2D eigenvalue weighted by atomic mass is 79.9. The lowest BCUT2D eigenvalue weighted by atomic mass is 10.1. The molecule has 1 aliphatic heterocycles. The van der Waals surface area contributed by atoms with Gasteiger partial charge in [-0.2, -0.15) is 0 Å². The Labute approximate surface area is 127 Å². The van der Waals surface area contributed by atoms with Crippen molar-refractivity contribution < 1.29 is 9.59 Å². The molecule has 0 atom stereocenters. The van der Waals surface area contributed by atoms with E-state index in [9.17, 15) is 9.59 Å². The van der Waals surface area contributed by atoms with Crippen LogP contribution in [0.25, 0.3) is 0 Å². The van der Waals surface area contributed by atoms with Crippen molar-refractivity contribution in [1.82, 2.24) is 9.80 Å². The number of amides is 1. The van der Waals surface area contributed by atoms with E-state index in [2.05, 4.69) is 20.8 Å². The molecule has 1 saturated heterocycles. The molecule has 1 amide bonds. The van der Waals surface area contributed by atoms with Crippen molar-refractivity contribution in [2.45, 2.75) is 13.3 Å². The van der Waals surface area contributed by atoms with Gasteiger partial charge in [-0.1, -0.05) is 28.1 Å². The topological polar surface area (TPSA) is 40.6 Å². The Morgan fingerprint density at radius 2 is 1.80 bits per heavy atom. The van der Waals surface area contributed by atoms with Crippen molar-refractivity contribution in [3.05, 3.63) is 34.3 Å². The molecule has 1 fully saturated rings. The lowest BCUT2D eigenvalue weighted by Gasteiger charge is -2.20. The van der Waals surface area contributed by atoms with Gasteiger partial charge in [0, 0.05) is 43.1 Å². The predicted molar refractivity (Wildman–Crippen MR) is 81.8 cm³/mol. The van der Waals surface area contributed by atoms with E-state index in [1.54, 1.807) is 6.92 Å². The number of rotatable bonds is 3. The maximum absolute atomic E-state index is 12.2. The van der Waals surface area contributed by atoms with Crippen molar-refractivity contribution in [3.8, 4) is 0 Å². The van der Waals surface area contributed by atoms with Gasteiger partial charge in [0.1, 0.15) is 0 Å². The summed E-state index contributed by atoms with van der Waals surface area (Å²) in [6.45, 7) is 5.16. The number of halogens is 1. The SMILES string of the molecule is CC(=O)N1CCCN(CC(=O)c2ccc(Br)cc2)CC1. The monoisotopic (exact) mass is 338 g/mol. The summed E-state index contributed by atoms with van der Waals surface area (Å²) in [5, 5.41) is 0. The molecule has 0 radical (unpaired) electrons. The zero-order valence-corrected chi connectivity index (χ0v) is 13.2. The summed E-state index contributed by atoms with van der Waals surface area (Å²) in [7, 11) is 0. The molecule has 0 saturated carbocycles. The fraction of sp³-hybridized carbons (Fsp3) is 0.467. The van der Waals surface area contributed by atoms with Gasteiger partial charge in [0.15, 0.2) is 5.78 Å². The summed E-state index contributed by atoms with van der Waals surface area (Å²) in [6.07, 6.45) is 0.924. The Bertz CT molecular complexity index is 487. The van der Waals surface area contributed by atoms with E-state index in [1.165, 1.54) is 0 Å². The molecule has 0 aliphatic carbocycles. The zero-order valence-electron chi connectivity index (χ0n) is 11.6. The van der Waals surface area contributed by atoms with Gasteiger partial charge in [0.05, 0.1) is 6.54 Å². The summed E-state index contributed by atoms with van der Waals surface area (Å²) in [5.74, 6) is 0.250. The lowest BCUT2D eigenvalue weighted by Crippen LogP contribution is -2.35. The number of ketones is 1. The Morgan fingerprint density at radius 3 is 2.45 bits per heavy atom. The molecule has 2 rings (SSSR count). The number of carbonyl (C=O) groups excluding carboxylic acids is 2. The average Bonchev–Trinajstić information content (AvgIpc) is 2.65. The second-order valence-electron chi connectivity index (χ2n) is 5.07. The van der Waals surface area contributed by atoms with E-state index in [4.69, 9.17) is 0 Å². The largest absolute Gasteiger partial charge is 0.342 e. The van der Waals surface area contributed by atoms with Crippen LogP contribution in [0.5, 0.6) is 0 Å². The Morgan fingerprint density at radius 1 is 1.10 bits per heavy atom. The Hall–Kier alpha value is -1.20. The van der Waals surface area contributed by atoms with Gasteiger partial charge in [0.2, 0.25) is 5.91 Å². The van der Waals surface area contributed by atoms with Gasteiger partial charge in [-0.15, -0.1) is 0 Å². The van der Waals surface area contributed by atoms with E-state index in [0.717, 1.165) is 36.1 Å². The standard InChI is InChI=1S/C15H19BrN2O2/c1-12(19)18-8-2-7-17(9-10-18)11-15(20)13-3-5-14(16)6-4-13/h3-6H,2,7-11H2,1H3. The molecule has 0 spiro atoms. The van der Waals surface area contributed by atoms with Crippen LogP contribution in [0.15, 0.2) is 28.7 Å². The summed E-state index contributed by atoms with van der Waals surface area (Å²) >= 11 is 3.36. The van der Waals surface area contributed by atoms with Crippen LogP contribution in [0.3, 0.4) is 0 Å². The Balaban J connectivity index is 1.91. The van der Waals surface area contributed by atoms with Crippen molar-refractivity contribution in [1.29, 1.82) is 0 Å². The van der Waals surface area contributed by atoms with Crippen molar-refractivity contribution in [2.75, 3.05) is 32.7 Å². The summed E-state index contributed by atoms with van der Waals surface area (Å²) in [6, 6.07) is 7.44. The number of nitrogens with zero attached hydrogens (tertiary/aromatic N) is 2. The molecule has 108 valence electrons. The van der Waals surface area contributed by atoms with Gasteiger partial charge in [-0.05, 0) is 18.6 Å². The second kappa shape index (κ2) is 6.99. The molecule has 0 N–H and O–H groups in total. The third-order valence-electron chi connectivity index (χ3n) is 3.57. The molecule has 0 aromatic heterocycles. The smallest absolute Gasteiger partial charge is 0.219 e. The quantitative estimate of drug-likeness (QED) is 0.793. The van der Waals surface area contributed by atoms with Crippen LogP contribution in [0.1, 0.15) is 23.7 Å². The molecule has 0 bridgehead atoms. The number of hydrogen-bond acceptors (Lipinski definition) is 3. The van der Waals surface area contributed by atoms with Crippen LogP contribution in [-0.2, 0) is 4.79 Å². The predicted octanol–water partition coefficient (Wildman–Crippen LogP) is 2.19. The number of carbonyl (C=O) groups is 2. The van der Waals surface area contributed by atoms with Crippen LogP contribution >= 0.6 is 15.9 Å². The van der Waals surface area contributed by atoms with Gasteiger partial charge >= 0.3 is 0 Å². The fourth-order valence-corrected chi connectivity index (χ4v) is 2.64. The fourth-order valence-electron chi connectivity index (χ4n) is 2.37. The van der Waals surface area contributed by atoms with Crippen molar-refractivity contribution >= 4 is 27.6 Å². The maximum Gasteiger partial charge on any atom is 0.219 e. The molecule has 5 heteroatoms. The normalized spacial score (nSPS) is 16.8. The third-order valence-corrected chi connectivity index (χ3v) is 4.10. The highest BCUT2D eigenvalue weighted by Crippen LogP contribution is 2.12. The molecule has 20 heavy (non-hydrogen) atoms. The minimum Gasteiger partial charge on any atom is -0.342 e. The first-order chi connectivity index (χ1) is 9.56. The highest BCUT2D eigenvalue weighted by Gasteiger charge is 2.18. The average molecular weight is 339 g/mol. The highest BCUT2D eigenvalue weighted by molar-refractivity contribution is 9.10. The van der Waals surface area contributed by atoms with Crippen molar-refractivity contribution in [2.24, 2.45) is 0 Å².